The van der Waals surface area contributed by atoms with Gasteiger partial charge in [-0.1, -0.05) is 30.8 Å². The lowest BCUT2D eigenvalue weighted by Crippen LogP contribution is -2.23. The van der Waals surface area contributed by atoms with Gasteiger partial charge in [-0.15, -0.1) is 0 Å². The van der Waals surface area contributed by atoms with Gasteiger partial charge in [-0.2, -0.15) is 0 Å². The lowest BCUT2D eigenvalue weighted by atomic mass is 10.2. The highest BCUT2D eigenvalue weighted by atomic mass is 32.2. The summed E-state index contributed by atoms with van der Waals surface area (Å²) in [5, 5.41) is 4.46. The Hall–Kier alpha value is -1.03. The normalized spacial score (nSPS) is 24.4. The first kappa shape index (κ1) is 12.4. The number of halogens is 1. The lowest BCUT2D eigenvalue weighted by Gasteiger charge is -2.23. The minimum absolute atomic E-state index is 0.223. The van der Waals surface area contributed by atoms with Gasteiger partial charge in [-0.25, -0.2) is 4.39 Å². The summed E-state index contributed by atoms with van der Waals surface area (Å²) in [5.41, 5.74) is 1.44. The van der Waals surface area contributed by atoms with E-state index in [4.69, 9.17) is 0 Å². The Balaban J connectivity index is 2.21. The molecule has 0 saturated heterocycles. The van der Waals surface area contributed by atoms with E-state index in [1.54, 1.807) is 17.8 Å². The Morgan fingerprint density at radius 3 is 2.82 bits per heavy atom. The molecule has 1 aromatic carbocycles. The monoisotopic (exact) mass is 252 g/mol. The summed E-state index contributed by atoms with van der Waals surface area (Å²) in [6, 6.07) is 5.39. The van der Waals surface area contributed by atoms with E-state index in [1.165, 1.54) is 6.07 Å². The van der Waals surface area contributed by atoms with Gasteiger partial charge >= 0.3 is 0 Å². The van der Waals surface area contributed by atoms with Crippen LogP contribution in [-0.2, 0) is 0 Å². The number of anilines is 1. The Kier molecular flexibility index (Phi) is 3.72. The first-order valence-electron chi connectivity index (χ1n) is 5.83. The zero-order valence-electron chi connectivity index (χ0n) is 10.3. The summed E-state index contributed by atoms with van der Waals surface area (Å²) in [5.74, 6) is -0.223. The molecular formula is C13H17FN2S. The molecule has 92 valence electrons. The number of thioether (sulfide) groups is 1. The van der Waals surface area contributed by atoms with Crippen LogP contribution < -0.4 is 5.32 Å². The van der Waals surface area contributed by atoms with Crippen LogP contribution >= 0.6 is 11.8 Å². The van der Waals surface area contributed by atoms with Gasteiger partial charge in [0.15, 0.2) is 5.17 Å². The minimum atomic E-state index is -0.223. The molecule has 1 N–H and O–H groups in total. The average Bonchev–Trinajstić information content (AvgIpc) is 2.22. The third-order valence-corrected chi connectivity index (χ3v) is 3.80. The third-order valence-electron chi connectivity index (χ3n) is 2.78. The van der Waals surface area contributed by atoms with E-state index in [-0.39, 0.29) is 5.82 Å². The predicted molar refractivity (Wildman–Crippen MR) is 73.3 cm³/mol. The third kappa shape index (κ3) is 3.00. The molecule has 1 aromatic rings. The van der Waals surface area contributed by atoms with E-state index in [0.29, 0.717) is 17.0 Å². The molecule has 17 heavy (non-hydrogen) atoms. The van der Waals surface area contributed by atoms with Crippen molar-refractivity contribution in [3.05, 3.63) is 29.6 Å². The number of para-hydroxylation sites is 1. The van der Waals surface area contributed by atoms with E-state index in [9.17, 15) is 4.39 Å². The number of aryl methyl sites for hydroxylation is 1. The molecule has 0 amide bonds. The molecule has 0 bridgehead atoms. The number of nitrogens with zero attached hydrogens (tertiary/aromatic N) is 1. The number of nitrogens with one attached hydrogen (secondary N) is 1. The van der Waals surface area contributed by atoms with Gasteiger partial charge in [-0.05, 0) is 31.9 Å². The number of hydrogen-bond donors (Lipinski definition) is 1. The largest absolute Gasteiger partial charge is 0.332 e. The molecule has 0 saturated carbocycles. The molecular weight excluding hydrogens is 235 g/mol. The summed E-state index contributed by atoms with van der Waals surface area (Å²) >= 11 is 1.67. The van der Waals surface area contributed by atoms with Crippen molar-refractivity contribution in [2.75, 3.05) is 5.32 Å². The van der Waals surface area contributed by atoms with Gasteiger partial charge in [0.25, 0.3) is 0 Å². The van der Waals surface area contributed by atoms with Crippen molar-refractivity contribution in [2.24, 2.45) is 4.99 Å². The van der Waals surface area contributed by atoms with Gasteiger partial charge in [-0.3, -0.25) is 4.99 Å². The van der Waals surface area contributed by atoms with Crippen LogP contribution in [0.1, 0.15) is 25.8 Å². The molecule has 2 unspecified atom stereocenters. The SMILES string of the molecule is Cc1cccc(F)c1NC1=NC(C)CC(C)S1. The van der Waals surface area contributed by atoms with E-state index < -0.39 is 0 Å². The highest BCUT2D eigenvalue weighted by molar-refractivity contribution is 8.14. The van der Waals surface area contributed by atoms with Crippen molar-refractivity contribution in [1.82, 2.24) is 0 Å². The first-order valence-corrected chi connectivity index (χ1v) is 6.71. The zero-order valence-corrected chi connectivity index (χ0v) is 11.1. The van der Waals surface area contributed by atoms with E-state index in [2.05, 4.69) is 24.2 Å². The maximum Gasteiger partial charge on any atom is 0.161 e. The van der Waals surface area contributed by atoms with Crippen LogP contribution in [0.4, 0.5) is 10.1 Å². The van der Waals surface area contributed by atoms with Gasteiger partial charge in [0.2, 0.25) is 0 Å². The fourth-order valence-electron chi connectivity index (χ4n) is 1.96. The van der Waals surface area contributed by atoms with Crippen LogP contribution in [0, 0.1) is 12.7 Å². The maximum atomic E-state index is 13.7. The average molecular weight is 252 g/mol. The first-order chi connectivity index (χ1) is 8.06. The molecule has 2 nitrogen and oxygen atoms in total. The Morgan fingerprint density at radius 1 is 1.41 bits per heavy atom. The molecule has 0 fully saturated rings. The highest BCUT2D eigenvalue weighted by Gasteiger charge is 2.19. The summed E-state index contributed by atoms with van der Waals surface area (Å²) in [6.07, 6.45) is 1.08. The van der Waals surface area contributed by atoms with Crippen molar-refractivity contribution >= 4 is 22.6 Å². The van der Waals surface area contributed by atoms with Crippen LogP contribution in [0.15, 0.2) is 23.2 Å². The van der Waals surface area contributed by atoms with Crippen LogP contribution in [0.25, 0.3) is 0 Å². The molecule has 2 rings (SSSR count). The number of rotatable bonds is 1. The smallest absolute Gasteiger partial charge is 0.161 e. The number of aliphatic imine (C=N–C) groups is 1. The fraction of sp³-hybridized carbons (Fsp3) is 0.462. The number of amidine groups is 1. The Morgan fingerprint density at radius 2 is 2.18 bits per heavy atom. The minimum Gasteiger partial charge on any atom is -0.332 e. The van der Waals surface area contributed by atoms with Crippen LogP contribution in [-0.4, -0.2) is 16.5 Å². The van der Waals surface area contributed by atoms with Gasteiger partial charge in [0.1, 0.15) is 5.82 Å². The Bertz CT molecular complexity index is 425. The topological polar surface area (TPSA) is 24.4 Å². The molecule has 0 aromatic heterocycles. The molecule has 1 heterocycles. The van der Waals surface area contributed by atoms with Gasteiger partial charge in [0, 0.05) is 5.25 Å². The molecule has 0 aliphatic carbocycles. The molecule has 0 spiro atoms. The van der Waals surface area contributed by atoms with Crippen molar-refractivity contribution in [3.8, 4) is 0 Å². The van der Waals surface area contributed by atoms with Crippen molar-refractivity contribution in [1.29, 1.82) is 0 Å². The summed E-state index contributed by atoms with van der Waals surface area (Å²) < 4.78 is 13.7. The second-order valence-electron chi connectivity index (χ2n) is 4.50. The van der Waals surface area contributed by atoms with Crippen LogP contribution in [0.2, 0.25) is 0 Å². The summed E-state index contributed by atoms with van der Waals surface area (Å²) in [7, 11) is 0. The molecule has 4 heteroatoms. The molecule has 1 aliphatic heterocycles. The van der Waals surface area contributed by atoms with E-state index >= 15 is 0 Å². The van der Waals surface area contributed by atoms with Gasteiger partial charge < -0.3 is 5.32 Å². The molecule has 0 radical (unpaired) electrons. The summed E-state index contributed by atoms with van der Waals surface area (Å²) in [6.45, 7) is 6.16. The number of hydrogen-bond acceptors (Lipinski definition) is 3. The molecule has 2 atom stereocenters. The van der Waals surface area contributed by atoms with Crippen molar-refractivity contribution in [2.45, 2.75) is 38.5 Å². The van der Waals surface area contributed by atoms with E-state index in [0.717, 1.165) is 17.2 Å². The standard InChI is InChI=1S/C13H17FN2S/c1-8-5-4-6-11(14)12(8)16-13-15-9(2)7-10(3)17-13/h4-6,9-10H,7H2,1-3H3,(H,15,16). The summed E-state index contributed by atoms with van der Waals surface area (Å²) in [4.78, 5) is 4.51. The second-order valence-corrected chi connectivity index (χ2v) is 5.93. The maximum absolute atomic E-state index is 13.7. The van der Waals surface area contributed by atoms with Gasteiger partial charge in [0.05, 0.1) is 11.7 Å². The van der Waals surface area contributed by atoms with Crippen molar-refractivity contribution in [3.63, 3.8) is 0 Å². The van der Waals surface area contributed by atoms with E-state index in [1.807, 2.05) is 13.0 Å². The zero-order chi connectivity index (χ0) is 12.4. The van der Waals surface area contributed by atoms with Crippen LogP contribution in [0.3, 0.4) is 0 Å². The van der Waals surface area contributed by atoms with Crippen LogP contribution in [0.5, 0.6) is 0 Å². The predicted octanol–water partition coefficient (Wildman–Crippen LogP) is 3.82. The quantitative estimate of drug-likeness (QED) is 0.821. The second kappa shape index (κ2) is 5.08. The fourth-order valence-corrected chi connectivity index (χ4v) is 3.12. The lowest BCUT2D eigenvalue weighted by molar-refractivity contribution is 0.630. The molecule has 1 aliphatic rings. The van der Waals surface area contributed by atoms with Crippen molar-refractivity contribution < 1.29 is 4.39 Å². The number of benzene rings is 1. The highest BCUT2D eigenvalue weighted by Crippen LogP contribution is 2.27. The Labute approximate surface area is 106 Å².